The second kappa shape index (κ2) is 4.39. The number of hydrogen-bond donors (Lipinski definition) is 2. The van der Waals surface area contributed by atoms with Gasteiger partial charge in [-0.15, -0.1) is 0 Å². The zero-order valence-corrected chi connectivity index (χ0v) is 9.01. The number of hydrogen-bond acceptors (Lipinski definition) is 2. The van der Waals surface area contributed by atoms with E-state index in [1.165, 1.54) is 19.2 Å². The van der Waals surface area contributed by atoms with Crippen LogP contribution in [0.3, 0.4) is 0 Å². The van der Waals surface area contributed by atoms with Crippen molar-refractivity contribution in [1.29, 1.82) is 0 Å². The number of urea groups is 1. The highest BCUT2D eigenvalue weighted by atomic mass is 79.9. The third kappa shape index (κ3) is 2.68. The highest BCUT2D eigenvalue weighted by Gasteiger charge is 2.08. The van der Waals surface area contributed by atoms with E-state index in [0.29, 0.717) is 4.47 Å². The van der Waals surface area contributed by atoms with Crippen molar-refractivity contribution in [1.82, 2.24) is 5.01 Å². The SMILES string of the molecule is CN(N)C(=O)Nc1ccc(Br)cc1F. The van der Waals surface area contributed by atoms with E-state index in [4.69, 9.17) is 5.84 Å². The number of anilines is 1. The first-order valence-electron chi connectivity index (χ1n) is 3.75. The summed E-state index contributed by atoms with van der Waals surface area (Å²) in [5.74, 6) is 4.63. The van der Waals surface area contributed by atoms with Crippen LogP contribution in [0.5, 0.6) is 0 Å². The molecule has 14 heavy (non-hydrogen) atoms. The van der Waals surface area contributed by atoms with Gasteiger partial charge in [-0.1, -0.05) is 15.9 Å². The number of nitrogens with two attached hydrogens (primary N) is 1. The second-order valence-corrected chi connectivity index (χ2v) is 3.58. The van der Waals surface area contributed by atoms with Crippen molar-refractivity contribution in [2.24, 2.45) is 5.84 Å². The van der Waals surface area contributed by atoms with Gasteiger partial charge in [-0.25, -0.2) is 15.0 Å². The molecule has 1 aromatic rings. The summed E-state index contributed by atoms with van der Waals surface area (Å²) < 4.78 is 13.8. The molecule has 0 aliphatic rings. The fourth-order valence-corrected chi connectivity index (χ4v) is 1.13. The van der Waals surface area contributed by atoms with Gasteiger partial charge in [0.1, 0.15) is 5.82 Å². The fourth-order valence-electron chi connectivity index (χ4n) is 0.794. The van der Waals surface area contributed by atoms with Crippen LogP contribution in [0.2, 0.25) is 0 Å². The monoisotopic (exact) mass is 261 g/mol. The molecule has 2 amide bonds. The molecule has 0 saturated carbocycles. The van der Waals surface area contributed by atoms with Crippen LogP contribution >= 0.6 is 15.9 Å². The first kappa shape index (κ1) is 10.9. The quantitative estimate of drug-likeness (QED) is 0.461. The molecular formula is C8H9BrFN3O. The summed E-state index contributed by atoms with van der Waals surface area (Å²) >= 11 is 3.10. The van der Waals surface area contributed by atoms with Crippen LogP contribution in [0.15, 0.2) is 22.7 Å². The molecule has 0 radical (unpaired) electrons. The number of amides is 2. The summed E-state index contributed by atoms with van der Waals surface area (Å²) in [6.45, 7) is 0. The van der Waals surface area contributed by atoms with Crippen molar-refractivity contribution in [3.63, 3.8) is 0 Å². The summed E-state index contributed by atoms with van der Waals surface area (Å²) in [7, 11) is 1.37. The van der Waals surface area contributed by atoms with Crippen molar-refractivity contribution in [2.75, 3.05) is 12.4 Å². The smallest absolute Gasteiger partial charge is 0.304 e. The average Bonchev–Trinajstić information content (AvgIpc) is 2.09. The molecule has 1 aromatic carbocycles. The van der Waals surface area contributed by atoms with Gasteiger partial charge in [0.05, 0.1) is 5.69 Å². The van der Waals surface area contributed by atoms with Gasteiger partial charge in [-0.05, 0) is 18.2 Å². The summed E-state index contributed by atoms with van der Waals surface area (Å²) in [5, 5.41) is 3.14. The molecule has 0 atom stereocenters. The average molecular weight is 262 g/mol. The van der Waals surface area contributed by atoms with Gasteiger partial charge in [0.25, 0.3) is 0 Å². The van der Waals surface area contributed by atoms with E-state index in [2.05, 4.69) is 21.2 Å². The maximum Gasteiger partial charge on any atom is 0.335 e. The third-order valence-corrected chi connectivity index (χ3v) is 1.99. The largest absolute Gasteiger partial charge is 0.335 e. The van der Waals surface area contributed by atoms with Gasteiger partial charge in [0.15, 0.2) is 0 Å². The highest BCUT2D eigenvalue weighted by Crippen LogP contribution is 2.19. The lowest BCUT2D eigenvalue weighted by atomic mass is 10.3. The molecule has 0 fully saturated rings. The molecule has 0 heterocycles. The molecule has 0 unspecified atom stereocenters. The Kier molecular flexibility index (Phi) is 3.43. The standard InChI is InChI=1S/C8H9BrFN3O/c1-13(11)8(14)12-7-3-2-5(9)4-6(7)10/h2-4H,11H2,1H3,(H,12,14). The van der Waals surface area contributed by atoms with Crippen molar-refractivity contribution < 1.29 is 9.18 Å². The predicted molar refractivity (Wildman–Crippen MR) is 55.1 cm³/mol. The number of nitrogens with zero attached hydrogens (tertiary/aromatic N) is 1. The first-order chi connectivity index (χ1) is 6.50. The molecular weight excluding hydrogens is 253 g/mol. The van der Waals surface area contributed by atoms with Gasteiger partial charge in [0, 0.05) is 11.5 Å². The molecule has 1 rings (SSSR count). The summed E-state index contributed by atoms with van der Waals surface area (Å²) in [5.41, 5.74) is 0.0931. The first-order valence-corrected chi connectivity index (χ1v) is 4.54. The van der Waals surface area contributed by atoms with Crippen LogP contribution in [-0.2, 0) is 0 Å². The molecule has 0 aliphatic carbocycles. The number of carbonyl (C=O) groups is 1. The van der Waals surface area contributed by atoms with Crippen molar-refractivity contribution in [3.05, 3.63) is 28.5 Å². The maximum atomic E-state index is 13.2. The molecule has 4 nitrogen and oxygen atoms in total. The number of carbonyl (C=O) groups excluding carboxylic acids is 1. The highest BCUT2D eigenvalue weighted by molar-refractivity contribution is 9.10. The summed E-state index contributed by atoms with van der Waals surface area (Å²) in [6, 6.07) is 3.74. The van der Waals surface area contributed by atoms with Crippen LogP contribution in [0, 0.1) is 5.82 Å². The maximum absolute atomic E-state index is 13.2. The molecule has 0 aliphatic heterocycles. The molecule has 0 aromatic heterocycles. The minimum Gasteiger partial charge on any atom is -0.304 e. The molecule has 6 heteroatoms. The Bertz CT molecular complexity index is 356. The van der Waals surface area contributed by atoms with Crippen molar-refractivity contribution >= 4 is 27.6 Å². The molecule has 76 valence electrons. The number of rotatable bonds is 1. The van der Waals surface area contributed by atoms with E-state index in [0.717, 1.165) is 5.01 Å². The van der Waals surface area contributed by atoms with E-state index in [1.807, 2.05) is 0 Å². The Labute approximate surface area is 89.0 Å². The van der Waals surface area contributed by atoms with E-state index in [-0.39, 0.29) is 5.69 Å². The predicted octanol–water partition coefficient (Wildman–Crippen LogP) is 1.93. The van der Waals surface area contributed by atoms with E-state index in [9.17, 15) is 9.18 Å². The van der Waals surface area contributed by atoms with Gasteiger partial charge in [-0.3, -0.25) is 5.01 Å². The lowest BCUT2D eigenvalue weighted by Gasteiger charge is -2.11. The van der Waals surface area contributed by atoms with Crippen molar-refractivity contribution in [2.45, 2.75) is 0 Å². The zero-order valence-electron chi connectivity index (χ0n) is 7.42. The molecule has 3 N–H and O–H groups in total. The van der Waals surface area contributed by atoms with Crippen molar-refractivity contribution in [3.8, 4) is 0 Å². The minimum atomic E-state index is -0.578. The van der Waals surface area contributed by atoms with Crippen LogP contribution in [0.1, 0.15) is 0 Å². The Morgan fingerprint density at radius 2 is 2.29 bits per heavy atom. The lowest BCUT2D eigenvalue weighted by Crippen LogP contribution is -2.37. The van der Waals surface area contributed by atoms with Gasteiger partial charge in [0.2, 0.25) is 0 Å². The number of hydrazine groups is 1. The number of benzene rings is 1. The topological polar surface area (TPSA) is 58.4 Å². The van der Waals surface area contributed by atoms with E-state index in [1.54, 1.807) is 6.07 Å². The summed E-state index contributed by atoms with van der Waals surface area (Å²) in [4.78, 5) is 11.1. The zero-order chi connectivity index (χ0) is 10.7. The van der Waals surface area contributed by atoms with Crippen LogP contribution in [0.25, 0.3) is 0 Å². The Balaban J connectivity index is 2.82. The van der Waals surface area contributed by atoms with E-state index < -0.39 is 11.8 Å². The van der Waals surface area contributed by atoms with E-state index >= 15 is 0 Å². The summed E-state index contributed by atoms with van der Waals surface area (Å²) in [6.07, 6.45) is 0. The van der Waals surface area contributed by atoms with Gasteiger partial charge in [-0.2, -0.15) is 0 Å². The minimum absolute atomic E-state index is 0.0931. The fraction of sp³-hybridized carbons (Fsp3) is 0.125. The molecule has 0 spiro atoms. The Hall–Kier alpha value is -1.14. The molecule has 0 bridgehead atoms. The van der Waals surface area contributed by atoms with Crippen LogP contribution < -0.4 is 11.2 Å². The second-order valence-electron chi connectivity index (χ2n) is 2.67. The lowest BCUT2D eigenvalue weighted by molar-refractivity contribution is 0.223. The Morgan fingerprint density at radius 3 is 2.79 bits per heavy atom. The normalized spacial score (nSPS) is 9.71. The van der Waals surface area contributed by atoms with Crippen LogP contribution in [-0.4, -0.2) is 18.1 Å². The number of nitrogens with one attached hydrogen (secondary N) is 1. The van der Waals surface area contributed by atoms with Crippen LogP contribution in [0.4, 0.5) is 14.9 Å². The third-order valence-electron chi connectivity index (χ3n) is 1.49. The van der Waals surface area contributed by atoms with Gasteiger partial charge >= 0.3 is 6.03 Å². The molecule has 0 saturated heterocycles. The Morgan fingerprint density at radius 1 is 1.64 bits per heavy atom. The number of halogens is 2. The van der Waals surface area contributed by atoms with Gasteiger partial charge < -0.3 is 5.32 Å².